The first kappa shape index (κ1) is 14.9. The van der Waals surface area contributed by atoms with Gasteiger partial charge in [-0.1, -0.05) is 19.1 Å². The predicted octanol–water partition coefficient (Wildman–Crippen LogP) is 3.70. The van der Waals surface area contributed by atoms with Gasteiger partial charge >= 0.3 is 0 Å². The molecule has 1 aliphatic heterocycles. The molecule has 2 rings (SSSR count). The summed E-state index contributed by atoms with van der Waals surface area (Å²) in [6, 6.07) is 9.00. The van der Waals surface area contributed by atoms with E-state index in [1.54, 1.807) is 0 Å². The Hall–Kier alpha value is -0.510. The third-order valence-electron chi connectivity index (χ3n) is 3.51. The molecule has 0 aromatic heterocycles. The van der Waals surface area contributed by atoms with Crippen molar-refractivity contribution in [3.05, 3.63) is 29.8 Å². The zero-order chi connectivity index (χ0) is 13.3. The molecule has 2 nitrogen and oxygen atoms in total. The molecule has 0 atom stereocenters. The van der Waals surface area contributed by atoms with E-state index in [9.17, 15) is 0 Å². The number of hydrogen-bond donors (Lipinski definition) is 1. The largest absolute Gasteiger partial charge is 0.381 e. The average Bonchev–Trinajstić information content (AvgIpc) is 2.48. The first-order valence-electron chi connectivity index (χ1n) is 7.38. The molecule has 0 aliphatic carbocycles. The van der Waals surface area contributed by atoms with Crippen LogP contribution in [0.2, 0.25) is 0 Å². The van der Waals surface area contributed by atoms with Crippen molar-refractivity contribution >= 4 is 11.8 Å². The first-order chi connectivity index (χ1) is 9.38. The molecule has 0 unspecified atom stereocenters. The number of hydrogen-bond acceptors (Lipinski definition) is 3. The molecule has 1 aromatic rings. The van der Waals surface area contributed by atoms with Crippen LogP contribution in [0.4, 0.5) is 0 Å². The molecule has 1 aromatic carbocycles. The van der Waals surface area contributed by atoms with Crippen LogP contribution in [0.15, 0.2) is 29.2 Å². The molecule has 0 bridgehead atoms. The molecule has 0 radical (unpaired) electrons. The molecule has 1 fully saturated rings. The number of ether oxygens (including phenoxy) is 1. The fourth-order valence-corrected chi connectivity index (χ4v) is 3.33. The number of benzene rings is 1. The van der Waals surface area contributed by atoms with Gasteiger partial charge in [-0.2, -0.15) is 0 Å². The van der Waals surface area contributed by atoms with E-state index in [0.29, 0.717) is 0 Å². The molecular weight excluding hydrogens is 254 g/mol. The lowest BCUT2D eigenvalue weighted by molar-refractivity contribution is 0.0728. The summed E-state index contributed by atoms with van der Waals surface area (Å²) in [7, 11) is 0. The van der Waals surface area contributed by atoms with Crippen molar-refractivity contribution in [1.82, 2.24) is 5.32 Å². The van der Waals surface area contributed by atoms with Crippen LogP contribution in [0, 0.1) is 5.92 Å². The van der Waals surface area contributed by atoms with Gasteiger partial charge in [0.2, 0.25) is 0 Å². The van der Waals surface area contributed by atoms with E-state index in [0.717, 1.165) is 32.2 Å². The van der Waals surface area contributed by atoms with Crippen LogP contribution in [-0.2, 0) is 11.3 Å². The normalized spacial score (nSPS) is 16.7. The van der Waals surface area contributed by atoms with Gasteiger partial charge < -0.3 is 10.1 Å². The van der Waals surface area contributed by atoms with Crippen LogP contribution in [0.25, 0.3) is 0 Å². The van der Waals surface area contributed by atoms with E-state index in [1.165, 1.54) is 35.5 Å². The maximum atomic E-state index is 5.40. The van der Waals surface area contributed by atoms with Gasteiger partial charge in [-0.25, -0.2) is 0 Å². The first-order valence-corrected chi connectivity index (χ1v) is 8.37. The fourth-order valence-electron chi connectivity index (χ4n) is 2.24. The van der Waals surface area contributed by atoms with Crippen molar-refractivity contribution in [2.45, 2.75) is 37.6 Å². The predicted molar refractivity (Wildman–Crippen MR) is 82.7 cm³/mol. The monoisotopic (exact) mass is 279 g/mol. The van der Waals surface area contributed by atoms with Crippen molar-refractivity contribution in [2.75, 3.05) is 25.5 Å². The van der Waals surface area contributed by atoms with Gasteiger partial charge in [0.15, 0.2) is 0 Å². The second-order valence-electron chi connectivity index (χ2n) is 5.19. The van der Waals surface area contributed by atoms with Gasteiger partial charge in [0.05, 0.1) is 0 Å². The standard InChI is InChI=1S/C16H25NOS/c1-2-9-17-12-14-3-5-16(6-4-14)19-13-15-7-10-18-11-8-15/h3-6,15,17H,2,7-13H2,1H3. The molecule has 1 heterocycles. The van der Waals surface area contributed by atoms with Gasteiger partial charge in [-0.15, -0.1) is 11.8 Å². The number of rotatable bonds is 7. The minimum absolute atomic E-state index is 0.838. The van der Waals surface area contributed by atoms with Crippen molar-refractivity contribution in [1.29, 1.82) is 0 Å². The van der Waals surface area contributed by atoms with Crippen LogP contribution in [0.1, 0.15) is 31.7 Å². The summed E-state index contributed by atoms with van der Waals surface area (Å²) in [6.45, 7) is 6.18. The Morgan fingerprint density at radius 2 is 1.95 bits per heavy atom. The molecular formula is C16H25NOS. The molecule has 0 saturated carbocycles. The van der Waals surface area contributed by atoms with Gasteiger partial charge in [0, 0.05) is 30.4 Å². The molecule has 1 saturated heterocycles. The summed E-state index contributed by atoms with van der Waals surface area (Å²) in [5.41, 5.74) is 1.38. The highest BCUT2D eigenvalue weighted by molar-refractivity contribution is 7.99. The summed E-state index contributed by atoms with van der Waals surface area (Å²) < 4.78 is 5.40. The van der Waals surface area contributed by atoms with Gasteiger partial charge in [0.25, 0.3) is 0 Å². The molecule has 0 amide bonds. The SMILES string of the molecule is CCCNCc1ccc(SCC2CCOCC2)cc1. The Labute approximate surface area is 121 Å². The smallest absolute Gasteiger partial charge is 0.0468 e. The lowest BCUT2D eigenvalue weighted by atomic mass is 10.0. The topological polar surface area (TPSA) is 21.3 Å². The quantitative estimate of drug-likeness (QED) is 0.607. The lowest BCUT2D eigenvalue weighted by Gasteiger charge is -2.21. The minimum Gasteiger partial charge on any atom is -0.381 e. The Balaban J connectivity index is 1.71. The zero-order valence-electron chi connectivity index (χ0n) is 11.9. The Morgan fingerprint density at radius 3 is 2.63 bits per heavy atom. The Morgan fingerprint density at radius 1 is 1.21 bits per heavy atom. The Kier molecular flexibility index (Phi) is 6.75. The molecule has 1 N–H and O–H groups in total. The van der Waals surface area contributed by atoms with E-state index in [4.69, 9.17) is 4.74 Å². The van der Waals surface area contributed by atoms with Crippen LogP contribution in [0.3, 0.4) is 0 Å². The molecule has 1 aliphatic rings. The number of nitrogens with one attached hydrogen (secondary N) is 1. The van der Waals surface area contributed by atoms with Crippen LogP contribution >= 0.6 is 11.8 Å². The van der Waals surface area contributed by atoms with E-state index < -0.39 is 0 Å². The highest BCUT2D eigenvalue weighted by Gasteiger charge is 2.13. The average molecular weight is 279 g/mol. The summed E-state index contributed by atoms with van der Waals surface area (Å²) in [4.78, 5) is 1.39. The zero-order valence-corrected chi connectivity index (χ0v) is 12.7. The summed E-state index contributed by atoms with van der Waals surface area (Å²) in [5, 5.41) is 3.43. The maximum absolute atomic E-state index is 5.40. The van der Waals surface area contributed by atoms with Gasteiger partial charge in [0.1, 0.15) is 0 Å². The highest BCUT2D eigenvalue weighted by Crippen LogP contribution is 2.25. The molecule has 106 valence electrons. The van der Waals surface area contributed by atoms with Crippen LogP contribution < -0.4 is 5.32 Å². The van der Waals surface area contributed by atoms with Crippen molar-refractivity contribution < 1.29 is 4.74 Å². The number of thioether (sulfide) groups is 1. The Bertz CT molecular complexity index is 346. The fraction of sp³-hybridized carbons (Fsp3) is 0.625. The van der Waals surface area contributed by atoms with Crippen LogP contribution in [0.5, 0.6) is 0 Å². The molecule has 19 heavy (non-hydrogen) atoms. The van der Waals surface area contributed by atoms with E-state index in [2.05, 4.69) is 36.5 Å². The van der Waals surface area contributed by atoms with Crippen molar-refractivity contribution in [2.24, 2.45) is 5.92 Å². The second-order valence-corrected chi connectivity index (χ2v) is 6.28. The second kappa shape index (κ2) is 8.62. The van der Waals surface area contributed by atoms with E-state index in [1.807, 2.05) is 11.8 Å². The summed E-state index contributed by atoms with van der Waals surface area (Å²) >= 11 is 1.99. The van der Waals surface area contributed by atoms with Crippen molar-refractivity contribution in [3.63, 3.8) is 0 Å². The van der Waals surface area contributed by atoms with Crippen LogP contribution in [-0.4, -0.2) is 25.5 Å². The van der Waals surface area contributed by atoms with E-state index >= 15 is 0 Å². The van der Waals surface area contributed by atoms with Gasteiger partial charge in [-0.3, -0.25) is 0 Å². The highest BCUT2D eigenvalue weighted by atomic mass is 32.2. The van der Waals surface area contributed by atoms with Crippen molar-refractivity contribution in [3.8, 4) is 0 Å². The molecule has 3 heteroatoms. The third kappa shape index (κ3) is 5.55. The van der Waals surface area contributed by atoms with E-state index in [-0.39, 0.29) is 0 Å². The summed E-state index contributed by atoms with van der Waals surface area (Å²) in [5.74, 6) is 2.07. The molecule has 0 spiro atoms. The third-order valence-corrected chi connectivity index (χ3v) is 4.75. The lowest BCUT2D eigenvalue weighted by Crippen LogP contribution is -2.17. The van der Waals surface area contributed by atoms with Gasteiger partial charge in [-0.05, 0) is 49.4 Å². The minimum atomic E-state index is 0.838. The summed E-state index contributed by atoms with van der Waals surface area (Å²) in [6.07, 6.45) is 3.65. The maximum Gasteiger partial charge on any atom is 0.0468 e.